The maximum atomic E-state index is 9.94. The van der Waals surface area contributed by atoms with Crippen molar-refractivity contribution >= 4 is 12.2 Å². The highest BCUT2D eigenvalue weighted by atomic mass is 16.5. The van der Waals surface area contributed by atoms with Crippen LogP contribution in [-0.4, -0.2) is 10.1 Å². The third-order valence-electron chi connectivity index (χ3n) is 3.43. The van der Waals surface area contributed by atoms with Crippen LogP contribution < -0.4 is 10.6 Å². The Morgan fingerprint density at radius 3 is 2.55 bits per heavy atom. The van der Waals surface area contributed by atoms with Crippen LogP contribution in [-0.2, 0) is 0 Å². The Hall–Kier alpha value is -3.14. The SMILES string of the molecule is Oc1oc(-c2ccccc2)nc1C=C1C=c2ccccc2=N1. The van der Waals surface area contributed by atoms with Crippen LogP contribution in [0.3, 0.4) is 0 Å². The molecule has 3 aromatic rings. The van der Waals surface area contributed by atoms with E-state index in [4.69, 9.17) is 4.42 Å². The summed E-state index contributed by atoms with van der Waals surface area (Å²) in [5.74, 6) is 0.186. The van der Waals surface area contributed by atoms with Crippen molar-refractivity contribution in [2.24, 2.45) is 4.99 Å². The lowest BCUT2D eigenvalue weighted by atomic mass is 10.2. The van der Waals surface area contributed by atoms with E-state index in [2.05, 4.69) is 9.98 Å². The largest absolute Gasteiger partial charge is 0.479 e. The van der Waals surface area contributed by atoms with Gasteiger partial charge in [0.25, 0.3) is 0 Å². The van der Waals surface area contributed by atoms with Gasteiger partial charge in [-0.3, -0.25) is 0 Å². The van der Waals surface area contributed by atoms with E-state index in [1.54, 1.807) is 6.08 Å². The lowest BCUT2D eigenvalue weighted by molar-refractivity contribution is 0.336. The van der Waals surface area contributed by atoms with Gasteiger partial charge in [0, 0.05) is 10.8 Å². The summed E-state index contributed by atoms with van der Waals surface area (Å²) >= 11 is 0. The van der Waals surface area contributed by atoms with E-state index in [0.29, 0.717) is 11.6 Å². The molecule has 1 aliphatic rings. The number of oxazole rings is 1. The van der Waals surface area contributed by atoms with Gasteiger partial charge in [-0.2, -0.15) is 0 Å². The number of aromatic hydroxyl groups is 1. The molecule has 1 N–H and O–H groups in total. The van der Waals surface area contributed by atoms with Gasteiger partial charge in [0.15, 0.2) is 0 Å². The molecule has 0 radical (unpaired) electrons. The van der Waals surface area contributed by atoms with Gasteiger partial charge < -0.3 is 9.52 Å². The Morgan fingerprint density at radius 2 is 1.73 bits per heavy atom. The van der Waals surface area contributed by atoms with Gasteiger partial charge in [0.05, 0.1) is 11.1 Å². The van der Waals surface area contributed by atoms with Crippen molar-refractivity contribution in [3.63, 3.8) is 0 Å². The van der Waals surface area contributed by atoms with E-state index in [-0.39, 0.29) is 5.95 Å². The number of allylic oxidation sites excluding steroid dienone is 1. The van der Waals surface area contributed by atoms with Crippen LogP contribution in [0.25, 0.3) is 23.6 Å². The highest BCUT2D eigenvalue weighted by Gasteiger charge is 2.13. The van der Waals surface area contributed by atoms with Gasteiger partial charge in [-0.15, -0.1) is 0 Å². The number of fused-ring (bicyclic) bond motifs is 1. The van der Waals surface area contributed by atoms with Crippen LogP contribution in [0.4, 0.5) is 0 Å². The summed E-state index contributed by atoms with van der Waals surface area (Å²) in [6.07, 6.45) is 3.66. The molecule has 22 heavy (non-hydrogen) atoms. The number of para-hydroxylation sites is 1. The molecule has 0 fully saturated rings. The Morgan fingerprint density at radius 1 is 0.955 bits per heavy atom. The van der Waals surface area contributed by atoms with Gasteiger partial charge in [0.1, 0.15) is 5.69 Å². The molecule has 4 nitrogen and oxygen atoms in total. The molecule has 2 heterocycles. The summed E-state index contributed by atoms with van der Waals surface area (Å²) in [6.45, 7) is 0. The topological polar surface area (TPSA) is 58.6 Å². The zero-order valence-corrected chi connectivity index (χ0v) is 11.6. The number of aromatic nitrogens is 1. The molecule has 4 heteroatoms. The Labute approximate surface area is 126 Å². The maximum absolute atomic E-state index is 9.94. The van der Waals surface area contributed by atoms with Gasteiger partial charge >= 0.3 is 5.95 Å². The Bertz CT molecular complexity index is 948. The summed E-state index contributed by atoms with van der Waals surface area (Å²) < 4.78 is 5.33. The molecule has 0 saturated carbocycles. The maximum Gasteiger partial charge on any atom is 0.310 e. The summed E-state index contributed by atoms with van der Waals surface area (Å²) in [7, 11) is 0. The first-order chi connectivity index (χ1) is 10.8. The fourth-order valence-electron chi connectivity index (χ4n) is 2.38. The Kier molecular flexibility index (Phi) is 2.86. The molecule has 0 aliphatic carbocycles. The van der Waals surface area contributed by atoms with Crippen molar-refractivity contribution in [3.05, 3.63) is 76.6 Å². The molecular weight excluding hydrogens is 276 g/mol. The summed E-state index contributed by atoms with van der Waals surface area (Å²) in [4.78, 5) is 8.82. The van der Waals surface area contributed by atoms with Crippen LogP contribution in [0.5, 0.6) is 5.95 Å². The molecule has 106 valence electrons. The number of rotatable bonds is 2. The molecular formula is C18H12N2O2. The highest BCUT2D eigenvalue weighted by molar-refractivity contribution is 5.67. The molecule has 0 amide bonds. The molecule has 0 spiro atoms. The fraction of sp³-hybridized carbons (Fsp3) is 0. The minimum atomic E-state index is -0.203. The second-order valence-corrected chi connectivity index (χ2v) is 4.96. The minimum absolute atomic E-state index is 0.203. The Balaban J connectivity index is 1.75. The second-order valence-electron chi connectivity index (χ2n) is 4.96. The monoisotopic (exact) mass is 288 g/mol. The molecule has 0 unspecified atom stereocenters. The molecule has 4 rings (SSSR count). The molecule has 0 saturated heterocycles. The van der Waals surface area contributed by atoms with Crippen molar-refractivity contribution in [3.8, 4) is 17.4 Å². The summed E-state index contributed by atoms with van der Waals surface area (Å²) in [5.41, 5.74) is 1.93. The number of benzene rings is 2. The zero-order chi connectivity index (χ0) is 14.9. The number of hydrogen-bond donors (Lipinski definition) is 1. The molecule has 1 aromatic heterocycles. The van der Waals surface area contributed by atoms with Crippen LogP contribution in [0, 0.1) is 0 Å². The molecule has 0 atom stereocenters. The summed E-state index contributed by atoms with van der Waals surface area (Å²) in [5, 5.41) is 11.9. The molecule has 2 aromatic carbocycles. The van der Waals surface area contributed by atoms with Crippen LogP contribution >= 0.6 is 0 Å². The fourth-order valence-corrected chi connectivity index (χ4v) is 2.38. The number of nitrogens with zero attached hydrogens (tertiary/aromatic N) is 2. The van der Waals surface area contributed by atoms with Gasteiger partial charge in [-0.1, -0.05) is 36.4 Å². The third kappa shape index (κ3) is 2.20. The van der Waals surface area contributed by atoms with Crippen molar-refractivity contribution in [1.29, 1.82) is 0 Å². The van der Waals surface area contributed by atoms with E-state index >= 15 is 0 Å². The highest BCUT2D eigenvalue weighted by Crippen LogP contribution is 2.28. The lowest BCUT2D eigenvalue weighted by Gasteiger charge is -1.91. The second kappa shape index (κ2) is 5.00. The van der Waals surface area contributed by atoms with Crippen LogP contribution in [0.2, 0.25) is 0 Å². The van der Waals surface area contributed by atoms with Crippen molar-refractivity contribution in [2.75, 3.05) is 0 Å². The smallest absolute Gasteiger partial charge is 0.310 e. The average molecular weight is 288 g/mol. The first-order valence-electron chi connectivity index (χ1n) is 6.92. The van der Waals surface area contributed by atoms with E-state index < -0.39 is 0 Å². The van der Waals surface area contributed by atoms with E-state index in [1.807, 2.05) is 60.7 Å². The van der Waals surface area contributed by atoms with E-state index in [9.17, 15) is 5.11 Å². The standard InChI is InChI=1S/C18H12N2O2/c21-18-16(20-17(22-18)12-6-2-1-3-7-12)11-14-10-13-8-4-5-9-15(13)19-14/h1-11,21H. The van der Waals surface area contributed by atoms with Crippen molar-refractivity contribution in [2.45, 2.75) is 0 Å². The zero-order valence-electron chi connectivity index (χ0n) is 11.6. The van der Waals surface area contributed by atoms with E-state index in [1.165, 1.54) is 0 Å². The predicted octanol–water partition coefficient (Wildman–Crippen LogP) is 2.50. The lowest BCUT2D eigenvalue weighted by Crippen LogP contribution is -2.19. The molecule has 1 aliphatic heterocycles. The minimum Gasteiger partial charge on any atom is -0.479 e. The predicted molar refractivity (Wildman–Crippen MR) is 83.3 cm³/mol. The van der Waals surface area contributed by atoms with Crippen LogP contribution in [0.1, 0.15) is 5.69 Å². The average Bonchev–Trinajstić information content (AvgIpc) is 3.12. The van der Waals surface area contributed by atoms with E-state index in [0.717, 1.165) is 21.8 Å². The van der Waals surface area contributed by atoms with Crippen LogP contribution in [0.15, 0.2) is 69.7 Å². The summed E-state index contributed by atoms with van der Waals surface area (Å²) in [6, 6.07) is 17.3. The van der Waals surface area contributed by atoms with Crippen molar-refractivity contribution < 1.29 is 9.52 Å². The first-order valence-corrected chi connectivity index (χ1v) is 6.92. The first kappa shape index (κ1) is 12.6. The van der Waals surface area contributed by atoms with Gasteiger partial charge in [-0.05, 0) is 30.4 Å². The van der Waals surface area contributed by atoms with Gasteiger partial charge in [0.2, 0.25) is 5.89 Å². The molecule has 0 bridgehead atoms. The quantitative estimate of drug-likeness (QED) is 0.788. The normalized spacial score (nSPS) is 14.5. The third-order valence-corrected chi connectivity index (χ3v) is 3.43. The van der Waals surface area contributed by atoms with Crippen molar-refractivity contribution in [1.82, 2.24) is 4.98 Å². The van der Waals surface area contributed by atoms with Gasteiger partial charge in [-0.25, -0.2) is 9.98 Å². The number of hydrogen-bond acceptors (Lipinski definition) is 4.